The van der Waals surface area contributed by atoms with E-state index in [2.05, 4.69) is 22.0 Å². The van der Waals surface area contributed by atoms with Gasteiger partial charge in [0.25, 0.3) is 0 Å². The molecule has 0 aliphatic carbocycles. The summed E-state index contributed by atoms with van der Waals surface area (Å²) in [5, 5.41) is 4.14. The van der Waals surface area contributed by atoms with Crippen molar-refractivity contribution in [2.75, 3.05) is 0 Å². The summed E-state index contributed by atoms with van der Waals surface area (Å²) in [6.45, 7) is 0. The van der Waals surface area contributed by atoms with Gasteiger partial charge in [-0.2, -0.15) is 0 Å². The van der Waals surface area contributed by atoms with Crippen LogP contribution in [0.2, 0.25) is 0 Å². The molecule has 4 aromatic carbocycles. The molecule has 0 heterocycles. The molecule has 0 saturated carbocycles. The molecular weight excluding hydrogens is 320 g/mol. The topological polar surface area (TPSA) is 0 Å². The molecule has 0 aromatic heterocycles. The molecule has 0 unspecified atom stereocenters. The number of fused-ring (bicyclic) bond motifs is 2. The highest BCUT2D eigenvalue weighted by molar-refractivity contribution is 9.10. The molecule has 0 N–H and O–H groups in total. The third-order valence-corrected chi connectivity index (χ3v) is 4.44. The van der Waals surface area contributed by atoms with E-state index in [0.29, 0.717) is 5.56 Å². The van der Waals surface area contributed by atoms with Gasteiger partial charge in [-0.1, -0.05) is 66.6 Å². The molecule has 0 amide bonds. The van der Waals surface area contributed by atoms with Crippen molar-refractivity contribution < 1.29 is 6.85 Å². The Labute approximate surface area is 139 Å². The molecule has 4 rings (SSSR count). The SMILES string of the molecule is [2H]c1c([2H])c([2H])c(-c2ccc3cc4ccccc4c(Br)c3c2)c([2H])c1[2H]. The molecule has 100 valence electrons. The fourth-order valence-corrected chi connectivity index (χ4v) is 3.26. The maximum Gasteiger partial charge on any atom is 0.0629 e. The Kier molecular flexibility index (Phi) is 1.99. The van der Waals surface area contributed by atoms with E-state index < -0.39 is 0 Å². The number of hydrogen-bond donors (Lipinski definition) is 0. The van der Waals surface area contributed by atoms with Crippen molar-refractivity contribution in [3.63, 3.8) is 0 Å². The van der Waals surface area contributed by atoms with Gasteiger partial charge in [0, 0.05) is 4.47 Å². The van der Waals surface area contributed by atoms with Gasteiger partial charge in [0.05, 0.1) is 6.85 Å². The molecule has 0 aliphatic heterocycles. The molecule has 21 heavy (non-hydrogen) atoms. The predicted octanol–water partition coefficient (Wildman–Crippen LogP) is 6.42. The maximum absolute atomic E-state index is 8.18. The van der Waals surface area contributed by atoms with Crippen LogP contribution < -0.4 is 0 Å². The van der Waals surface area contributed by atoms with Gasteiger partial charge in [-0.15, -0.1) is 0 Å². The summed E-state index contributed by atoms with van der Waals surface area (Å²) in [4.78, 5) is 0. The minimum Gasteiger partial charge on any atom is -0.0622 e. The van der Waals surface area contributed by atoms with Crippen LogP contribution in [0.5, 0.6) is 0 Å². The van der Waals surface area contributed by atoms with Gasteiger partial charge < -0.3 is 0 Å². The average molecular weight is 338 g/mol. The maximum atomic E-state index is 8.18. The van der Waals surface area contributed by atoms with Gasteiger partial charge in [-0.25, -0.2) is 0 Å². The van der Waals surface area contributed by atoms with Crippen LogP contribution in [0.1, 0.15) is 6.85 Å². The summed E-state index contributed by atoms with van der Waals surface area (Å²) in [6, 6.07) is 14.3. The second-order valence-electron chi connectivity index (χ2n) is 4.85. The molecule has 0 aliphatic rings. The van der Waals surface area contributed by atoms with Gasteiger partial charge in [0.2, 0.25) is 0 Å². The fourth-order valence-electron chi connectivity index (χ4n) is 2.56. The summed E-state index contributed by atoms with van der Waals surface area (Å²) in [6.07, 6.45) is 0. The molecule has 1 heteroatoms. The lowest BCUT2D eigenvalue weighted by atomic mass is 9.98. The van der Waals surface area contributed by atoms with E-state index in [1.807, 2.05) is 36.4 Å². The third kappa shape index (κ3) is 2.14. The van der Waals surface area contributed by atoms with Crippen molar-refractivity contribution in [3.8, 4) is 11.1 Å². The van der Waals surface area contributed by atoms with Gasteiger partial charge in [-0.3, -0.25) is 0 Å². The zero-order valence-corrected chi connectivity index (χ0v) is 12.6. The Morgan fingerprint density at radius 2 is 1.48 bits per heavy atom. The van der Waals surface area contributed by atoms with Crippen molar-refractivity contribution >= 4 is 37.5 Å². The van der Waals surface area contributed by atoms with Crippen LogP contribution in [-0.4, -0.2) is 0 Å². The minimum atomic E-state index is -0.378. The summed E-state index contributed by atoms with van der Waals surface area (Å²) in [5.41, 5.74) is 0.823. The molecule has 0 bridgehead atoms. The van der Waals surface area contributed by atoms with Crippen molar-refractivity contribution in [1.29, 1.82) is 0 Å². The monoisotopic (exact) mass is 337 g/mol. The highest BCUT2D eigenvalue weighted by atomic mass is 79.9. The fraction of sp³-hybridized carbons (Fsp3) is 0. The van der Waals surface area contributed by atoms with Crippen LogP contribution in [0, 0.1) is 0 Å². The smallest absolute Gasteiger partial charge is 0.0622 e. The molecule has 4 aromatic rings. The Bertz CT molecular complexity index is 1170. The van der Waals surface area contributed by atoms with Gasteiger partial charge in [0.15, 0.2) is 0 Å². The van der Waals surface area contributed by atoms with Crippen molar-refractivity contribution in [2.45, 2.75) is 0 Å². The van der Waals surface area contributed by atoms with E-state index in [1.165, 1.54) is 0 Å². The van der Waals surface area contributed by atoms with Crippen molar-refractivity contribution in [1.82, 2.24) is 0 Å². The van der Waals surface area contributed by atoms with E-state index in [4.69, 9.17) is 6.85 Å². The van der Waals surface area contributed by atoms with Gasteiger partial charge in [0.1, 0.15) is 0 Å². The molecule has 0 fully saturated rings. The first-order chi connectivity index (χ1) is 12.4. The molecule has 0 nitrogen and oxygen atoms in total. The van der Waals surface area contributed by atoms with Crippen molar-refractivity contribution in [2.24, 2.45) is 0 Å². The molecule has 0 saturated heterocycles. The van der Waals surface area contributed by atoms with E-state index >= 15 is 0 Å². The number of hydrogen-bond acceptors (Lipinski definition) is 0. The second kappa shape index (κ2) is 5.01. The van der Waals surface area contributed by atoms with Crippen LogP contribution in [0.3, 0.4) is 0 Å². The first-order valence-electron chi connectivity index (χ1n) is 9.08. The zero-order chi connectivity index (χ0) is 18.6. The molecule has 0 atom stereocenters. The predicted molar refractivity (Wildman–Crippen MR) is 94.6 cm³/mol. The van der Waals surface area contributed by atoms with Gasteiger partial charge in [-0.05, 0) is 60.7 Å². The number of halogens is 1. The number of rotatable bonds is 1. The quantitative estimate of drug-likeness (QED) is 0.351. The highest BCUT2D eigenvalue weighted by Gasteiger charge is 2.06. The lowest BCUT2D eigenvalue weighted by Gasteiger charge is -2.09. The van der Waals surface area contributed by atoms with Crippen LogP contribution in [0.25, 0.3) is 32.7 Å². The molecular formula is C20H13Br. The summed E-state index contributed by atoms with van der Waals surface area (Å²) in [5.74, 6) is 0. The van der Waals surface area contributed by atoms with Crippen LogP contribution >= 0.6 is 15.9 Å². The normalized spacial score (nSPS) is 14.4. The Balaban J connectivity index is 2.06. The second-order valence-corrected chi connectivity index (χ2v) is 5.64. The minimum absolute atomic E-state index is 0.188. The molecule has 0 spiro atoms. The van der Waals surface area contributed by atoms with Gasteiger partial charge >= 0.3 is 0 Å². The Morgan fingerprint density at radius 1 is 0.714 bits per heavy atom. The third-order valence-electron chi connectivity index (χ3n) is 3.59. The van der Waals surface area contributed by atoms with E-state index in [0.717, 1.165) is 26.0 Å². The standard InChI is InChI=1S/C20H13Br/c21-20-18-9-5-4-8-16(18)12-17-11-10-15(13-19(17)20)14-6-2-1-3-7-14/h1-13H/i1D,2D,3D,6D,7D. The average Bonchev–Trinajstić information content (AvgIpc) is 2.65. The van der Waals surface area contributed by atoms with Crippen LogP contribution in [0.4, 0.5) is 0 Å². The summed E-state index contributed by atoms with van der Waals surface area (Å²) >= 11 is 3.67. The summed E-state index contributed by atoms with van der Waals surface area (Å²) in [7, 11) is 0. The molecule has 0 radical (unpaired) electrons. The van der Waals surface area contributed by atoms with Crippen LogP contribution in [0.15, 0.2) is 83.2 Å². The zero-order valence-electron chi connectivity index (χ0n) is 16.0. The van der Waals surface area contributed by atoms with Crippen molar-refractivity contribution in [3.05, 3.63) is 83.2 Å². The summed E-state index contributed by atoms with van der Waals surface area (Å²) < 4.78 is 40.8. The Morgan fingerprint density at radius 3 is 2.33 bits per heavy atom. The lowest BCUT2D eigenvalue weighted by Crippen LogP contribution is -1.82. The van der Waals surface area contributed by atoms with E-state index in [-0.39, 0.29) is 35.8 Å². The largest absolute Gasteiger partial charge is 0.0629 e. The van der Waals surface area contributed by atoms with Crippen LogP contribution in [-0.2, 0) is 0 Å². The number of benzene rings is 4. The van der Waals surface area contributed by atoms with E-state index in [9.17, 15) is 0 Å². The van der Waals surface area contributed by atoms with E-state index in [1.54, 1.807) is 6.07 Å². The lowest BCUT2D eigenvalue weighted by molar-refractivity contribution is 1.64. The Hall–Kier alpha value is -2.12. The first-order valence-corrected chi connectivity index (χ1v) is 7.37. The first kappa shape index (κ1) is 8.35. The highest BCUT2D eigenvalue weighted by Crippen LogP contribution is 2.35.